The summed E-state index contributed by atoms with van der Waals surface area (Å²) in [5.74, 6) is 0. The van der Waals surface area contributed by atoms with Crippen molar-refractivity contribution in [1.82, 2.24) is 0 Å². The number of halogens is 2. The Kier molecular flexibility index (Phi) is 4.46. The lowest BCUT2D eigenvalue weighted by atomic mass is 9.82. The summed E-state index contributed by atoms with van der Waals surface area (Å²) in [6, 6.07) is 11.2. The highest BCUT2D eigenvalue weighted by molar-refractivity contribution is 9.10. The van der Waals surface area contributed by atoms with Gasteiger partial charge in [0.1, 0.15) is 5.41 Å². The molecule has 16 heavy (non-hydrogen) atoms. The molecule has 0 N–H and O–H groups in total. The summed E-state index contributed by atoms with van der Waals surface area (Å²) in [6.45, 7) is -0.661. The number of alkyl halides is 1. The molecule has 1 aromatic carbocycles. The molecule has 0 amide bonds. The van der Waals surface area contributed by atoms with E-state index in [1.54, 1.807) is 0 Å². The second-order valence-corrected chi connectivity index (χ2v) is 4.37. The molecule has 0 atom stereocenters. The Balaban J connectivity index is 2.99. The Bertz CT molecular complexity index is 431. The molecule has 0 bridgehead atoms. The molecule has 1 rings (SSSR count). The van der Waals surface area contributed by atoms with E-state index in [-0.39, 0.29) is 12.8 Å². The zero-order valence-electron chi connectivity index (χ0n) is 8.58. The highest BCUT2D eigenvalue weighted by Crippen LogP contribution is 2.29. The van der Waals surface area contributed by atoms with Gasteiger partial charge in [-0.2, -0.15) is 10.5 Å². The normalized spacial score (nSPS) is 10.5. The van der Waals surface area contributed by atoms with E-state index in [1.807, 2.05) is 36.4 Å². The number of rotatable bonds is 4. The maximum Gasteiger partial charge on any atom is 0.150 e. The van der Waals surface area contributed by atoms with Gasteiger partial charge in [0, 0.05) is 17.3 Å². The van der Waals surface area contributed by atoms with Crippen LogP contribution in [0.15, 0.2) is 28.7 Å². The molecule has 0 spiro atoms. The first-order chi connectivity index (χ1) is 7.67. The SMILES string of the molecule is N#CC(C#N)(CCF)Cc1ccccc1Br. The van der Waals surface area contributed by atoms with Gasteiger partial charge in [-0.05, 0) is 11.6 Å². The molecular weight excluding hydrogens is 271 g/mol. The van der Waals surface area contributed by atoms with Crippen LogP contribution in [0.2, 0.25) is 0 Å². The Morgan fingerprint density at radius 3 is 2.38 bits per heavy atom. The molecular formula is C12H10BrFN2. The van der Waals surface area contributed by atoms with Crippen LogP contribution in [-0.4, -0.2) is 6.67 Å². The second-order valence-electron chi connectivity index (χ2n) is 3.51. The summed E-state index contributed by atoms with van der Waals surface area (Å²) in [7, 11) is 0. The van der Waals surface area contributed by atoms with Crippen LogP contribution in [0.3, 0.4) is 0 Å². The number of benzene rings is 1. The third kappa shape index (κ3) is 2.81. The van der Waals surface area contributed by atoms with Crippen LogP contribution in [0.5, 0.6) is 0 Å². The first-order valence-electron chi connectivity index (χ1n) is 4.79. The average molecular weight is 281 g/mol. The predicted molar refractivity (Wildman–Crippen MR) is 62.1 cm³/mol. The van der Waals surface area contributed by atoms with Crippen molar-refractivity contribution in [3.63, 3.8) is 0 Å². The minimum absolute atomic E-state index is 0.0542. The van der Waals surface area contributed by atoms with Gasteiger partial charge in [-0.3, -0.25) is 4.39 Å². The highest BCUT2D eigenvalue weighted by Gasteiger charge is 2.30. The zero-order valence-corrected chi connectivity index (χ0v) is 10.2. The van der Waals surface area contributed by atoms with Crippen molar-refractivity contribution in [1.29, 1.82) is 10.5 Å². The van der Waals surface area contributed by atoms with Gasteiger partial charge in [0.05, 0.1) is 18.8 Å². The molecule has 0 fully saturated rings. The summed E-state index contributed by atoms with van der Waals surface area (Å²) in [5.41, 5.74) is -0.419. The first kappa shape index (κ1) is 12.7. The monoisotopic (exact) mass is 280 g/mol. The van der Waals surface area contributed by atoms with Gasteiger partial charge in [-0.15, -0.1) is 0 Å². The van der Waals surface area contributed by atoms with Gasteiger partial charge in [-0.1, -0.05) is 34.1 Å². The van der Waals surface area contributed by atoms with E-state index in [1.165, 1.54) is 0 Å². The third-order valence-electron chi connectivity index (χ3n) is 2.40. The molecule has 0 unspecified atom stereocenters. The molecule has 0 heterocycles. The van der Waals surface area contributed by atoms with Crippen LogP contribution >= 0.6 is 15.9 Å². The molecule has 1 aromatic rings. The number of nitrogens with zero attached hydrogens (tertiary/aromatic N) is 2. The maximum absolute atomic E-state index is 12.4. The Morgan fingerprint density at radius 1 is 1.25 bits per heavy atom. The van der Waals surface area contributed by atoms with E-state index in [0.717, 1.165) is 10.0 Å². The van der Waals surface area contributed by atoms with Crippen LogP contribution in [-0.2, 0) is 6.42 Å². The van der Waals surface area contributed by atoms with Gasteiger partial charge < -0.3 is 0 Å². The molecule has 0 aliphatic rings. The van der Waals surface area contributed by atoms with Crippen molar-refractivity contribution >= 4 is 15.9 Å². The summed E-state index contributed by atoms with van der Waals surface area (Å²) in [4.78, 5) is 0. The van der Waals surface area contributed by atoms with Gasteiger partial charge >= 0.3 is 0 Å². The quantitative estimate of drug-likeness (QED) is 0.849. The van der Waals surface area contributed by atoms with Crippen molar-refractivity contribution in [2.45, 2.75) is 12.8 Å². The smallest absolute Gasteiger partial charge is 0.150 e. The third-order valence-corrected chi connectivity index (χ3v) is 3.17. The number of hydrogen-bond donors (Lipinski definition) is 0. The maximum atomic E-state index is 12.4. The fraction of sp³-hybridized carbons (Fsp3) is 0.333. The van der Waals surface area contributed by atoms with E-state index in [4.69, 9.17) is 10.5 Å². The summed E-state index contributed by atoms with van der Waals surface area (Å²) in [5, 5.41) is 18.0. The van der Waals surface area contributed by atoms with E-state index in [9.17, 15) is 4.39 Å². The molecule has 0 aromatic heterocycles. The van der Waals surface area contributed by atoms with Crippen LogP contribution in [0.25, 0.3) is 0 Å². The van der Waals surface area contributed by atoms with E-state index >= 15 is 0 Å². The van der Waals surface area contributed by atoms with Gasteiger partial charge in [0.15, 0.2) is 0 Å². The van der Waals surface area contributed by atoms with Crippen molar-refractivity contribution in [2.24, 2.45) is 5.41 Å². The Labute approximate surface area is 102 Å². The van der Waals surface area contributed by atoms with Gasteiger partial charge in [0.25, 0.3) is 0 Å². The minimum Gasteiger partial charge on any atom is -0.251 e. The first-order valence-corrected chi connectivity index (χ1v) is 5.58. The Morgan fingerprint density at radius 2 is 1.88 bits per heavy atom. The van der Waals surface area contributed by atoms with Gasteiger partial charge in [-0.25, -0.2) is 0 Å². The number of hydrogen-bond acceptors (Lipinski definition) is 2. The lowest BCUT2D eigenvalue weighted by Gasteiger charge is -2.17. The fourth-order valence-corrected chi connectivity index (χ4v) is 1.86. The van der Waals surface area contributed by atoms with Gasteiger partial charge in [0.2, 0.25) is 0 Å². The standard InChI is InChI=1S/C12H10BrFN2/c13-11-4-2-1-3-10(11)7-12(8-15,9-16)5-6-14/h1-4H,5-7H2. The minimum atomic E-state index is -1.27. The molecule has 82 valence electrons. The molecule has 0 radical (unpaired) electrons. The van der Waals surface area contributed by atoms with Crippen molar-refractivity contribution in [3.05, 3.63) is 34.3 Å². The molecule has 0 saturated heterocycles. The molecule has 2 nitrogen and oxygen atoms in total. The van der Waals surface area contributed by atoms with Crippen molar-refractivity contribution < 1.29 is 4.39 Å². The summed E-state index contributed by atoms with van der Waals surface area (Å²) < 4.78 is 13.2. The van der Waals surface area contributed by atoms with Crippen LogP contribution in [0.1, 0.15) is 12.0 Å². The van der Waals surface area contributed by atoms with Crippen molar-refractivity contribution in [2.75, 3.05) is 6.67 Å². The fourth-order valence-electron chi connectivity index (χ4n) is 1.43. The predicted octanol–water partition coefficient (Wildman–Crippen LogP) is 3.38. The molecule has 4 heteroatoms. The number of nitriles is 2. The van der Waals surface area contributed by atoms with E-state index < -0.39 is 12.1 Å². The average Bonchev–Trinajstić information content (AvgIpc) is 2.31. The van der Waals surface area contributed by atoms with E-state index in [0.29, 0.717) is 0 Å². The zero-order chi connectivity index (χ0) is 12.0. The lowest BCUT2D eigenvalue weighted by Crippen LogP contribution is -2.20. The summed E-state index contributed by atoms with van der Waals surface area (Å²) >= 11 is 3.35. The largest absolute Gasteiger partial charge is 0.251 e. The molecule has 0 aliphatic heterocycles. The van der Waals surface area contributed by atoms with Crippen LogP contribution in [0.4, 0.5) is 4.39 Å². The van der Waals surface area contributed by atoms with E-state index in [2.05, 4.69) is 15.9 Å². The Hall–Kier alpha value is -1.39. The van der Waals surface area contributed by atoms with Crippen LogP contribution in [0, 0.1) is 28.1 Å². The van der Waals surface area contributed by atoms with Crippen molar-refractivity contribution in [3.8, 4) is 12.1 Å². The van der Waals surface area contributed by atoms with Crippen LogP contribution < -0.4 is 0 Å². The molecule has 0 saturated carbocycles. The topological polar surface area (TPSA) is 47.6 Å². The lowest BCUT2D eigenvalue weighted by molar-refractivity contribution is 0.374. The second kappa shape index (κ2) is 5.63. The molecule has 0 aliphatic carbocycles. The summed E-state index contributed by atoms with van der Waals surface area (Å²) in [6.07, 6.45) is 0.187. The highest BCUT2D eigenvalue weighted by atomic mass is 79.9.